The van der Waals surface area contributed by atoms with Gasteiger partial charge >= 0.3 is 0 Å². The second-order valence-electron chi connectivity index (χ2n) is 7.19. The zero-order valence-corrected chi connectivity index (χ0v) is 18.1. The van der Waals surface area contributed by atoms with E-state index in [1.165, 1.54) is 11.3 Å². The summed E-state index contributed by atoms with van der Waals surface area (Å²) in [4.78, 5) is 21.3. The van der Waals surface area contributed by atoms with Crippen LogP contribution in [-0.4, -0.2) is 61.6 Å². The molecule has 2 aliphatic heterocycles. The molecule has 29 heavy (non-hydrogen) atoms. The molecule has 0 spiro atoms. The number of benzene rings is 1. The first-order chi connectivity index (χ1) is 13.3. The second-order valence-corrected chi connectivity index (χ2v) is 7.19. The Morgan fingerprint density at radius 2 is 2.03 bits per heavy atom. The Labute approximate surface area is 184 Å². The van der Waals surface area contributed by atoms with Gasteiger partial charge in [-0.2, -0.15) is 0 Å². The van der Waals surface area contributed by atoms with Gasteiger partial charge in [0.05, 0.1) is 6.54 Å². The van der Waals surface area contributed by atoms with Crippen LogP contribution in [0.4, 0.5) is 5.69 Å². The summed E-state index contributed by atoms with van der Waals surface area (Å²) in [6.45, 7) is 5.63. The van der Waals surface area contributed by atoms with Crippen LogP contribution in [0.5, 0.6) is 0 Å². The molecular weight excluding hydrogens is 409 g/mol. The summed E-state index contributed by atoms with van der Waals surface area (Å²) < 4.78 is 0. The van der Waals surface area contributed by atoms with Crippen molar-refractivity contribution in [3.05, 3.63) is 59.9 Å². The lowest BCUT2D eigenvalue weighted by Gasteiger charge is -2.35. The van der Waals surface area contributed by atoms with E-state index in [4.69, 9.17) is 0 Å². The van der Waals surface area contributed by atoms with E-state index in [1.807, 2.05) is 12.3 Å². The molecule has 2 aromatic rings. The van der Waals surface area contributed by atoms with Crippen LogP contribution in [0, 0.1) is 0 Å². The minimum atomic E-state index is 0. The van der Waals surface area contributed by atoms with Crippen molar-refractivity contribution < 1.29 is 4.79 Å². The van der Waals surface area contributed by atoms with Crippen molar-refractivity contribution in [3.8, 4) is 0 Å². The lowest BCUT2D eigenvalue weighted by molar-refractivity contribution is -0.123. The fourth-order valence-electron chi connectivity index (χ4n) is 4.05. The molecule has 2 N–H and O–H groups in total. The van der Waals surface area contributed by atoms with Gasteiger partial charge in [0.1, 0.15) is 0 Å². The normalized spacial score (nSPS) is 18.3. The predicted octanol–water partition coefficient (Wildman–Crippen LogP) is 2.05. The lowest BCUT2D eigenvalue weighted by atomic mass is 10.1. The number of amides is 1. The van der Waals surface area contributed by atoms with Gasteiger partial charge < -0.3 is 15.5 Å². The van der Waals surface area contributed by atoms with Crippen molar-refractivity contribution in [3.63, 3.8) is 0 Å². The first-order valence-corrected chi connectivity index (χ1v) is 9.75. The van der Waals surface area contributed by atoms with Crippen LogP contribution in [0.3, 0.4) is 0 Å². The molecule has 3 heterocycles. The quantitative estimate of drug-likeness (QED) is 0.723. The molecule has 6 nitrogen and oxygen atoms in total. The number of rotatable bonds is 6. The summed E-state index contributed by atoms with van der Waals surface area (Å²) in [6, 6.07) is 12.8. The average molecular weight is 438 g/mol. The van der Waals surface area contributed by atoms with Crippen molar-refractivity contribution >= 4 is 36.4 Å². The maximum atomic E-state index is 12.5. The maximum Gasteiger partial charge on any atom is 0.234 e. The molecule has 4 rings (SSSR count). The fraction of sp³-hybridized carbons (Fsp3) is 0.429. The standard InChI is InChI=1S/C21H27N5O.2ClH/c27-21(24-10-13-25-11-7-17-4-1-2-6-19(17)25)16-26-12-9-23-15-20(26)18-5-3-8-22-14-18;;/h1-6,8,14,20,23H,7,9-13,15-16H2,(H,24,27);2*1H. The third-order valence-electron chi connectivity index (χ3n) is 5.46. The number of hydrogen-bond acceptors (Lipinski definition) is 5. The molecule has 1 saturated heterocycles. The summed E-state index contributed by atoms with van der Waals surface area (Å²) in [5.41, 5.74) is 3.88. The van der Waals surface area contributed by atoms with E-state index < -0.39 is 0 Å². The van der Waals surface area contributed by atoms with Crippen molar-refractivity contribution in [2.75, 3.05) is 50.7 Å². The van der Waals surface area contributed by atoms with Gasteiger partial charge in [-0.3, -0.25) is 14.7 Å². The number of carbonyl (C=O) groups is 1. The van der Waals surface area contributed by atoms with Crippen LogP contribution in [0.25, 0.3) is 0 Å². The number of nitrogens with one attached hydrogen (secondary N) is 2. The second kappa shape index (κ2) is 11.4. The Kier molecular flexibility index (Phi) is 9.17. The van der Waals surface area contributed by atoms with Crippen LogP contribution in [0.2, 0.25) is 0 Å². The number of piperazine rings is 1. The van der Waals surface area contributed by atoms with Crippen LogP contribution in [-0.2, 0) is 11.2 Å². The van der Waals surface area contributed by atoms with Gasteiger partial charge in [-0.05, 0) is 29.7 Å². The number of pyridine rings is 1. The van der Waals surface area contributed by atoms with Crippen LogP contribution in [0.15, 0.2) is 48.8 Å². The topological polar surface area (TPSA) is 60.5 Å². The molecule has 1 atom stereocenters. The minimum absolute atomic E-state index is 0. The van der Waals surface area contributed by atoms with E-state index >= 15 is 0 Å². The Morgan fingerprint density at radius 1 is 1.17 bits per heavy atom. The number of halogens is 2. The Bertz CT molecular complexity index is 777. The highest BCUT2D eigenvalue weighted by Crippen LogP contribution is 2.26. The molecular formula is C21H29Cl2N5O. The van der Waals surface area contributed by atoms with E-state index in [-0.39, 0.29) is 36.8 Å². The third-order valence-corrected chi connectivity index (χ3v) is 5.46. The smallest absolute Gasteiger partial charge is 0.234 e. The van der Waals surface area contributed by atoms with Crippen LogP contribution in [0.1, 0.15) is 17.2 Å². The number of aromatic nitrogens is 1. The SMILES string of the molecule is Cl.Cl.O=C(CN1CCNCC1c1cccnc1)NCCN1CCc2ccccc21. The molecule has 2 aliphatic rings. The van der Waals surface area contributed by atoms with Gasteiger partial charge in [0, 0.05) is 63.4 Å². The highest BCUT2D eigenvalue weighted by atomic mass is 35.5. The summed E-state index contributed by atoms with van der Waals surface area (Å²) in [5, 5.41) is 6.52. The van der Waals surface area contributed by atoms with E-state index in [9.17, 15) is 4.79 Å². The summed E-state index contributed by atoms with van der Waals surface area (Å²) >= 11 is 0. The molecule has 1 aromatic heterocycles. The average Bonchev–Trinajstić information content (AvgIpc) is 3.12. The van der Waals surface area contributed by atoms with Gasteiger partial charge in [-0.1, -0.05) is 24.3 Å². The van der Waals surface area contributed by atoms with E-state index in [2.05, 4.69) is 55.7 Å². The molecule has 0 bridgehead atoms. The third kappa shape index (κ3) is 5.82. The molecule has 0 saturated carbocycles. The first-order valence-electron chi connectivity index (χ1n) is 9.75. The van der Waals surface area contributed by atoms with Crippen molar-refractivity contribution in [1.82, 2.24) is 20.5 Å². The Balaban J connectivity index is 0.00000150. The van der Waals surface area contributed by atoms with Gasteiger partial charge in [0.2, 0.25) is 5.91 Å². The fourth-order valence-corrected chi connectivity index (χ4v) is 4.05. The van der Waals surface area contributed by atoms with Crippen LogP contribution < -0.4 is 15.5 Å². The molecule has 158 valence electrons. The highest BCUT2D eigenvalue weighted by Gasteiger charge is 2.25. The number of nitrogens with zero attached hydrogens (tertiary/aromatic N) is 3. The summed E-state index contributed by atoms with van der Waals surface area (Å²) in [5.74, 6) is 0.0956. The number of para-hydroxylation sites is 1. The van der Waals surface area contributed by atoms with Crippen LogP contribution >= 0.6 is 24.8 Å². The zero-order valence-electron chi connectivity index (χ0n) is 16.4. The van der Waals surface area contributed by atoms with Gasteiger partial charge in [-0.15, -0.1) is 24.8 Å². The molecule has 0 aliphatic carbocycles. The monoisotopic (exact) mass is 437 g/mol. The Morgan fingerprint density at radius 3 is 2.86 bits per heavy atom. The van der Waals surface area contributed by atoms with E-state index in [0.29, 0.717) is 13.1 Å². The predicted molar refractivity (Wildman–Crippen MR) is 121 cm³/mol. The van der Waals surface area contributed by atoms with Crippen molar-refractivity contribution in [1.29, 1.82) is 0 Å². The minimum Gasteiger partial charge on any atom is -0.369 e. The lowest BCUT2D eigenvalue weighted by Crippen LogP contribution is -2.50. The van der Waals surface area contributed by atoms with E-state index in [0.717, 1.165) is 44.7 Å². The highest BCUT2D eigenvalue weighted by molar-refractivity contribution is 5.85. The van der Waals surface area contributed by atoms with Crippen molar-refractivity contribution in [2.45, 2.75) is 12.5 Å². The Hall–Kier alpha value is -1.86. The van der Waals surface area contributed by atoms with Gasteiger partial charge in [0.25, 0.3) is 0 Å². The molecule has 1 aromatic carbocycles. The van der Waals surface area contributed by atoms with E-state index in [1.54, 1.807) is 6.20 Å². The molecule has 1 fully saturated rings. The summed E-state index contributed by atoms with van der Waals surface area (Å²) in [7, 11) is 0. The summed E-state index contributed by atoms with van der Waals surface area (Å²) in [6.07, 6.45) is 4.78. The number of hydrogen-bond donors (Lipinski definition) is 2. The first kappa shape index (κ1) is 23.4. The number of anilines is 1. The van der Waals surface area contributed by atoms with Gasteiger partial charge in [0.15, 0.2) is 0 Å². The zero-order chi connectivity index (χ0) is 18.5. The maximum absolute atomic E-state index is 12.5. The number of carbonyl (C=O) groups excluding carboxylic acids is 1. The molecule has 1 unspecified atom stereocenters. The molecule has 0 radical (unpaired) electrons. The van der Waals surface area contributed by atoms with Gasteiger partial charge in [-0.25, -0.2) is 0 Å². The molecule has 8 heteroatoms. The molecule has 1 amide bonds. The largest absolute Gasteiger partial charge is 0.369 e. The van der Waals surface area contributed by atoms with Crippen molar-refractivity contribution in [2.24, 2.45) is 0 Å². The number of fused-ring (bicyclic) bond motifs is 1.